The number of benzene rings is 1. The molecule has 0 spiro atoms. The minimum absolute atomic E-state index is 0.0223. The van der Waals surface area contributed by atoms with E-state index in [4.69, 9.17) is 11.6 Å². The van der Waals surface area contributed by atoms with Gasteiger partial charge >= 0.3 is 0 Å². The summed E-state index contributed by atoms with van der Waals surface area (Å²) in [5.41, 5.74) is -0.394. The first kappa shape index (κ1) is 19.2. The highest BCUT2D eigenvalue weighted by molar-refractivity contribution is 6.30. The van der Waals surface area contributed by atoms with Gasteiger partial charge in [0.15, 0.2) is 0 Å². The predicted octanol–water partition coefficient (Wildman–Crippen LogP) is 2.65. The van der Waals surface area contributed by atoms with E-state index in [9.17, 15) is 14.3 Å². The van der Waals surface area contributed by atoms with Crippen LogP contribution in [-0.2, 0) is 10.4 Å². The van der Waals surface area contributed by atoms with Crippen molar-refractivity contribution >= 4 is 17.5 Å². The first-order valence-corrected chi connectivity index (χ1v) is 8.56. The Hall–Kier alpha value is -1.17. The fourth-order valence-electron chi connectivity index (χ4n) is 3.78. The van der Waals surface area contributed by atoms with Crippen molar-refractivity contribution in [1.82, 2.24) is 9.80 Å². The van der Waals surface area contributed by atoms with Crippen LogP contribution in [0.25, 0.3) is 0 Å². The van der Waals surface area contributed by atoms with E-state index in [1.54, 1.807) is 17.9 Å². The maximum absolute atomic E-state index is 14.6. The number of halogens is 2. The summed E-state index contributed by atoms with van der Waals surface area (Å²) in [6, 6.07) is 2.91. The Kier molecular flexibility index (Phi) is 5.57. The van der Waals surface area contributed by atoms with E-state index >= 15 is 0 Å². The van der Waals surface area contributed by atoms with Gasteiger partial charge in [-0.15, -0.1) is 0 Å². The fraction of sp³-hybridized carbons (Fsp3) is 0.611. The van der Waals surface area contributed by atoms with Crippen LogP contribution in [-0.4, -0.2) is 54.5 Å². The minimum Gasteiger partial charge on any atom is -0.384 e. The van der Waals surface area contributed by atoms with Gasteiger partial charge in [0.05, 0.1) is 6.54 Å². The summed E-state index contributed by atoms with van der Waals surface area (Å²) < 4.78 is 14.6. The Morgan fingerprint density at radius 2 is 1.92 bits per heavy atom. The van der Waals surface area contributed by atoms with Crippen LogP contribution < -0.4 is 0 Å². The lowest BCUT2D eigenvalue weighted by molar-refractivity contribution is -0.150. The van der Waals surface area contributed by atoms with Crippen LogP contribution in [0.15, 0.2) is 12.1 Å². The summed E-state index contributed by atoms with van der Waals surface area (Å²) in [4.78, 5) is 15.9. The first-order chi connectivity index (χ1) is 11.1. The van der Waals surface area contributed by atoms with Crippen molar-refractivity contribution in [3.63, 3.8) is 0 Å². The molecule has 2 rings (SSSR count). The number of nitrogens with zero attached hydrogens (tertiary/aromatic N) is 2. The zero-order valence-corrected chi connectivity index (χ0v) is 15.7. The smallest absolute Gasteiger partial charge is 0.236 e. The molecule has 1 aliphatic heterocycles. The van der Waals surface area contributed by atoms with Gasteiger partial charge in [0.25, 0.3) is 0 Å². The van der Waals surface area contributed by atoms with Gasteiger partial charge in [0.2, 0.25) is 5.91 Å². The topological polar surface area (TPSA) is 43.8 Å². The molecule has 1 aromatic rings. The van der Waals surface area contributed by atoms with Crippen molar-refractivity contribution in [1.29, 1.82) is 0 Å². The Bertz CT molecular complexity index is 600. The molecule has 1 aliphatic rings. The highest BCUT2D eigenvalue weighted by Gasteiger charge is 2.48. The lowest BCUT2D eigenvalue weighted by atomic mass is 9.69. The second-order valence-corrected chi connectivity index (χ2v) is 7.68. The Balaban J connectivity index is 2.34. The molecule has 3 atom stereocenters. The number of rotatable bonds is 3. The molecule has 0 saturated carbocycles. The van der Waals surface area contributed by atoms with Crippen LogP contribution in [0.4, 0.5) is 4.39 Å². The van der Waals surface area contributed by atoms with Gasteiger partial charge < -0.3 is 14.9 Å². The quantitative estimate of drug-likeness (QED) is 0.905. The van der Waals surface area contributed by atoms with E-state index in [2.05, 4.69) is 0 Å². The SMILES string of the molecule is Cc1cc(Cl)cc(F)c1C1(O)[C@H](C)CN(C(=O)CN(C)C)C[C@@H]1C. The van der Waals surface area contributed by atoms with Crippen LogP contribution in [0.5, 0.6) is 0 Å². The molecule has 0 aromatic heterocycles. The number of hydrogen-bond donors (Lipinski definition) is 1. The molecular formula is C18H26ClFN2O2. The Labute approximate surface area is 148 Å². The summed E-state index contributed by atoms with van der Waals surface area (Å²) >= 11 is 5.91. The minimum atomic E-state index is -1.33. The van der Waals surface area contributed by atoms with Crippen molar-refractivity contribution in [2.75, 3.05) is 33.7 Å². The molecule has 0 bridgehead atoms. The molecule has 4 nitrogen and oxygen atoms in total. The van der Waals surface area contributed by atoms with Crippen molar-refractivity contribution in [2.24, 2.45) is 11.8 Å². The average molecular weight is 357 g/mol. The third-order valence-electron chi connectivity index (χ3n) is 4.95. The van der Waals surface area contributed by atoms with E-state index in [0.29, 0.717) is 35.8 Å². The van der Waals surface area contributed by atoms with Crippen LogP contribution in [0.2, 0.25) is 5.02 Å². The van der Waals surface area contributed by atoms with Crippen LogP contribution >= 0.6 is 11.6 Å². The summed E-state index contributed by atoms with van der Waals surface area (Å²) in [7, 11) is 3.69. The summed E-state index contributed by atoms with van der Waals surface area (Å²) in [6.07, 6.45) is 0. The molecule has 1 unspecified atom stereocenters. The molecule has 1 aromatic carbocycles. The van der Waals surface area contributed by atoms with E-state index in [0.717, 1.165) is 0 Å². The first-order valence-electron chi connectivity index (χ1n) is 8.18. The van der Waals surface area contributed by atoms with Crippen LogP contribution in [0, 0.1) is 24.6 Å². The van der Waals surface area contributed by atoms with Crippen molar-refractivity contribution in [3.8, 4) is 0 Å². The number of aliphatic hydroxyl groups is 1. The molecule has 6 heteroatoms. The number of likely N-dealkylation sites (tertiary alicyclic amines) is 1. The van der Waals surface area contributed by atoms with Gasteiger partial charge in [0, 0.05) is 35.5 Å². The predicted molar refractivity (Wildman–Crippen MR) is 93.5 cm³/mol. The number of aryl methyl sites for hydroxylation is 1. The Morgan fingerprint density at radius 1 is 1.38 bits per heavy atom. The largest absolute Gasteiger partial charge is 0.384 e. The number of piperidine rings is 1. The van der Waals surface area contributed by atoms with Crippen molar-refractivity contribution in [3.05, 3.63) is 34.1 Å². The second-order valence-electron chi connectivity index (χ2n) is 7.24. The number of hydrogen-bond acceptors (Lipinski definition) is 3. The number of likely N-dealkylation sites (N-methyl/N-ethyl adjacent to an activating group) is 1. The molecule has 1 saturated heterocycles. The average Bonchev–Trinajstić information content (AvgIpc) is 2.42. The molecular weight excluding hydrogens is 331 g/mol. The lowest BCUT2D eigenvalue weighted by Crippen LogP contribution is -2.57. The van der Waals surface area contributed by atoms with Gasteiger partial charge in [-0.05, 0) is 38.7 Å². The number of carbonyl (C=O) groups excluding carboxylic acids is 1. The molecule has 1 amide bonds. The van der Waals surface area contributed by atoms with E-state index in [1.165, 1.54) is 6.07 Å². The van der Waals surface area contributed by atoms with Gasteiger partial charge in [-0.1, -0.05) is 25.4 Å². The maximum Gasteiger partial charge on any atom is 0.236 e. The van der Waals surface area contributed by atoms with E-state index < -0.39 is 11.4 Å². The highest BCUT2D eigenvalue weighted by atomic mass is 35.5. The lowest BCUT2D eigenvalue weighted by Gasteiger charge is -2.48. The molecule has 1 heterocycles. The van der Waals surface area contributed by atoms with E-state index in [1.807, 2.05) is 32.8 Å². The highest BCUT2D eigenvalue weighted by Crippen LogP contribution is 2.44. The summed E-state index contributed by atoms with van der Waals surface area (Å²) in [5, 5.41) is 11.7. The fourth-order valence-corrected chi connectivity index (χ4v) is 4.04. The third kappa shape index (κ3) is 3.44. The zero-order valence-electron chi connectivity index (χ0n) is 14.9. The van der Waals surface area contributed by atoms with Gasteiger partial charge in [-0.25, -0.2) is 4.39 Å². The molecule has 0 aliphatic carbocycles. The van der Waals surface area contributed by atoms with Gasteiger partial charge in [-0.3, -0.25) is 4.79 Å². The van der Waals surface area contributed by atoms with Gasteiger partial charge in [-0.2, -0.15) is 0 Å². The van der Waals surface area contributed by atoms with Crippen LogP contribution in [0.1, 0.15) is 25.0 Å². The van der Waals surface area contributed by atoms with Crippen molar-refractivity contribution in [2.45, 2.75) is 26.4 Å². The monoisotopic (exact) mass is 356 g/mol. The van der Waals surface area contributed by atoms with Crippen LogP contribution in [0.3, 0.4) is 0 Å². The second kappa shape index (κ2) is 6.98. The zero-order chi connectivity index (χ0) is 18.2. The summed E-state index contributed by atoms with van der Waals surface area (Å²) in [5.74, 6) is -1.05. The van der Waals surface area contributed by atoms with Crippen molar-refractivity contribution < 1.29 is 14.3 Å². The molecule has 134 valence electrons. The molecule has 1 N–H and O–H groups in total. The molecule has 0 radical (unpaired) electrons. The normalized spacial score (nSPS) is 27.6. The number of amides is 1. The standard InChI is InChI=1S/C18H26ClFN2O2/c1-11-6-14(19)7-15(20)17(11)18(24)12(2)8-22(9-13(18)3)16(23)10-21(4)5/h6-7,12-13,24H,8-10H2,1-5H3/t12-,13+,18?. The van der Waals surface area contributed by atoms with Gasteiger partial charge in [0.1, 0.15) is 11.4 Å². The maximum atomic E-state index is 14.6. The number of carbonyl (C=O) groups is 1. The Morgan fingerprint density at radius 3 is 2.38 bits per heavy atom. The summed E-state index contributed by atoms with van der Waals surface area (Å²) in [6.45, 7) is 6.60. The third-order valence-corrected chi connectivity index (χ3v) is 5.17. The molecule has 1 fully saturated rings. The molecule has 24 heavy (non-hydrogen) atoms. The van der Waals surface area contributed by atoms with E-state index in [-0.39, 0.29) is 17.7 Å².